The molecule has 0 bridgehead atoms. The average Bonchev–Trinajstić information content (AvgIpc) is 3.00. The van der Waals surface area contributed by atoms with Crippen molar-refractivity contribution in [3.63, 3.8) is 0 Å². The SMILES string of the molecule is CO[C@H](CNC(=O)C(=O)Nc1ccon1)c1cccc(F)c1. The Morgan fingerprint density at radius 1 is 1.36 bits per heavy atom. The minimum absolute atomic E-state index is 0.0189. The van der Waals surface area contributed by atoms with Crippen LogP contribution >= 0.6 is 0 Å². The highest BCUT2D eigenvalue weighted by Gasteiger charge is 2.18. The van der Waals surface area contributed by atoms with Gasteiger partial charge in [-0.05, 0) is 17.7 Å². The number of amides is 2. The van der Waals surface area contributed by atoms with Gasteiger partial charge in [-0.3, -0.25) is 14.9 Å². The molecule has 0 aliphatic heterocycles. The van der Waals surface area contributed by atoms with Gasteiger partial charge in [-0.1, -0.05) is 17.3 Å². The number of nitrogens with zero attached hydrogens (tertiary/aromatic N) is 1. The Kier molecular flexibility index (Phi) is 5.21. The van der Waals surface area contributed by atoms with E-state index in [1.807, 2.05) is 0 Å². The second-order valence-corrected chi connectivity index (χ2v) is 4.33. The van der Waals surface area contributed by atoms with Crippen LogP contribution in [0.3, 0.4) is 0 Å². The maximum atomic E-state index is 13.2. The molecule has 1 heterocycles. The minimum atomic E-state index is -0.886. The summed E-state index contributed by atoms with van der Waals surface area (Å²) in [7, 11) is 1.43. The molecule has 0 aliphatic carbocycles. The summed E-state index contributed by atoms with van der Waals surface area (Å²) < 4.78 is 22.9. The molecule has 1 aromatic heterocycles. The number of hydrogen-bond acceptors (Lipinski definition) is 5. The van der Waals surface area contributed by atoms with Crippen LogP contribution in [0.15, 0.2) is 41.1 Å². The average molecular weight is 307 g/mol. The topological polar surface area (TPSA) is 93.5 Å². The molecule has 0 saturated carbocycles. The first-order valence-electron chi connectivity index (χ1n) is 6.38. The van der Waals surface area contributed by atoms with Gasteiger partial charge in [0.25, 0.3) is 0 Å². The summed E-state index contributed by atoms with van der Waals surface area (Å²) in [4.78, 5) is 23.3. The molecule has 0 aliphatic rings. The van der Waals surface area contributed by atoms with Gasteiger partial charge in [-0.2, -0.15) is 0 Å². The van der Waals surface area contributed by atoms with E-state index >= 15 is 0 Å². The van der Waals surface area contributed by atoms with Crippen molar-refractivity contribution in [2.24, 2.45) is 0 Å². The van der Waals surface area contributed by atoms with Crippen molar-refractivity contribution in [1.82, 2.24) is 10.5 Å². The summed E-state index contributed by atoms with van der Waals surface area (Å²) in [6.45, 7) is 0.0189. The Morgan fingerprint density at radius 2 is 2.18 bits per heavy atom. The van der Waals surface area contributed by atoms with Crippen molar-refractivity contribution < 1.29 is 23.2 Å². The molecule has 2 rings (SSSR count). The van der Waals surface area contributed by atoms with Crippen molar-refractivity contribution in [3.05, 3.63) is 48.0 Å². The highest BCUT2D eigenvalue weighted by Crippen LogP contribution is 2.16. The third-order valence-electron chi connectivity index (χ3n) is 2.84. The van der Waals surface area contributed by atoms with E-state index in [1.54, 1.807) is 6.07 Å². The largest absolute Gasteiger partial charge is 0.375 e. The molecule has 1 aromatic carbocycles. The Balaban J connectivity index is 1.90. The first-order valence-corrected chi connectivity index (χ1v) is 6.38. The predicted molar refractivity (Wildman–Crippen MR) is 74.3 cm³/mol. The minimum Gasteiger partial charge on any atom is -0.375 e. The fourth-order valence-electron chi connectivity index (χ4n) is 1.76. The van der Waals surface area contributed by atoms with Gasteiger partial charge in [0.15, 0.2) is 5.82 Å². The van der Waals surface area contributed by atoms with Gasteiger partial charge in [0.05, 0.1) is 6.10 Å². The van der Waals surface area contributed by atoms with Crippen LogP contribution in [-0.2, 0) is 14.3 Å². The van der Waals surface area contributed by atoms with Crippen LogP contribution in [0.4, 0.5) is 10.2 Å². The number of anilines is 1. The Labute approximate surface area is 125 Å². The number of halogens is 1. The lowest BCUT2D eigenvalue weighted by atomic mass is 10.1. The number of carbonyl (C=O) groups is 2. The molecule has 0 spiro atoms. The zero-order valence-corrected chi connectivity index (χ0v) is 11.7. The van der Waals surface area contributed by atoms with Crippen LogP contribution in [0.25, 0.3) is 0 Å². The van der Waals surface area contributed by atoms with Crippen LogP contribution in [0.2, 0.25) is 0 Å². The smallest absolute Gasteiger partial charge is 0.314 e. The van der Waals surface area contributed by atoms with Crippen molar-refractivity contribution >= 4 is 17.6 Å². The van der Waals surface area contributed by atoms with E-state index in [2.05, 4.69) is 20.3 Å². The number of rotatable bonds is 5. The first-order chi connectivity index (χ1) is 10.6. The number of aromatic nitrogens is 1. The van der Waals surface area contributed by atoms with E-state index in [1.165, 1.54) is 37.6 Å². The fourth-order valence-corrected chi connectivity index (χ4v) is 1.76. The zero-order chi connectivity index (χ0) is 15.9. The van der Waals surface area contributed by atoms with Crippen LogP contribution in [0.5, 0.6) is 0 Å². The monoisotopic (exact) mass is 307 g/mol. The molecule has 8 heteroatoms. The van der Waals surface area contributed by atoms with Gasteiger partial charge in [-0.25, -0.2) is 4.39 Å². The standard InChI is InChI=1S/C14H14FN3O4/c1-21-11(9-3-2-4-10(15)7-9)8-16-13(19)14(20)17-12-5-6-22-18-12/h2-7,11H,8H2,1H3,(H,16,19)(H,17,18,20)/t11-/m1/s1. The Bertz CT molecular complexity index is 645. The van der Waals surface area contributed by atoms with E-state index in [0.29, 0.717) is 5.56 Å². The maximum Gasteiger partial charge on any atom is 0.314 e. The van der Waals surface area contributed by atoms with E-state index < -0.39 is 23.7 Å². The molecule has 2 amide bonds. The van der Waals surface area contributed by atoms with Crippen molar-refractivity contribution in [2.45, 2.75) is 6.10 Å². The number of carbonyl (C=O) groups excluding carboxylic acids is 2. The number of methoxy groups -OCH3 is 1. The second kappa shape index (κ2) is 7.32. The maximum absolute atomic E-state index is 13.2. The molecule has 7 nitrogen and oxygen atoms in total. The van der Waals surface area contributed by atoms with Gasteiger partial charge in [0, 0.05) is 19.7 Å². The summed E-state index contributed by atoms with van der Waals surface area (Å²) in [5, 5.41) is 8.12. The quantitative estimate of drug-likeness (QED) is 0.811. The highest BCUT2D eigenvalue weighted by molar-refractivity contribution is 6.39. The molecule has 0 saturated heterocycles. The highest BCUT2D eigenvalue weighted by atomic mass is 19.1. The van der Waals surface area contributed by atoms with E-state index in [-0.39, 0.29) is 12.4 Å². The molecule has 1 atom stereocenters. The summed E-state index contributed by atoms with van der Waals surface area (Å²) in [6, 6.07) is 7.21. The summed E-state index contributed by atoms with van der Waals surface area (Å²) >= 11 is 0. The third-order valence-corrected chi connectivity index (χ3v) is 2.84. The molecule has 22 heavy (non-hydrogen) atoms. The van der Waals surface area contributed by atoms with Gasteiger partial charge in [0.2, 0.25) is 0 Å². The number of hydrogen-bond donors (Lipinski definition) is 2. The predicted octanol–water partition coefficient (Wildman–Crippen LogP) is 1.26. The Hall–Kier alpha value is -2.74. The molecule has 0 unspecified atom stereocenters. The molecule has 0 radical (unpaired) electrons. The summed E-state index contributed by atoms with van der Waals surface area (Å²) in [6.07, 6.45) is 0.692. The van der Waals surface area contributed by atoms with Crippen LogP contribution in [-0.4, -0.2) is 30.6 Å². The van der Waals surface area contributed by atoms with Crippen LogP contribution < -0.4 is 10.6 Å². The van der Waals surface area contributed by atoms with Crippen LogP contribution in [0.1, 0.15) is 11.7 Å². The third kappa shape index (κ3) is 4.13. The molecule has 0 fully saturated rings. The second-order valence-electron chi connectivity index (χ2n) is 4.33. The van der Waals surface area contributed by atoms with Gasteiger partial charge in [0.1, 0.15) is 12.1 Å². The fraction of sp³-hybridized carbons (Fsp3) is 0.214. The lowest BCUT2D eigenvalue weighted by Crippen LogP contribution is -2.38. The number of ether oxygens (including phenoxy) is 1. The normalized spacial score (nSPS) is 11.7. The van der Waals surface area contributed by atoms with E-state index in [9.17, 15) is 14.0 Å². The molecular weight excluding hydrogens is 293 g/mol. The summed E-state index contributed by atoms with van der Waals surface area (Å²) in [5.74, 6) is -2.02. The van der Waals surface area contributed by atoms with Gasteiger partial charge < -0.3 is 14.6 Å². The van der Waals surface area contributed by atoms with Crippen molar-refractivity contribution in [3.8, 4) is 0 Å². The summed E-state index contributed by atoms with van der Waals surface area (Å²) in [5.41, 5.74) is 0.555. The van der Waals surface area contributed by atoms with Crippen molar-refractivity contribution in [1.29, 1.82) is 0 Å². The van der Waals surface area contributed by atoms with E-state index in [0.717, 1.165) is 0 Å². The number of nitrogens with one attached hydrogen (secondary N) is 2. The van der Waals surface area contributed by atoms with Crippen molar-refractivity contribution in [2.75, 3.05) is 19.0 Å². The number of benzene rings is 1. The lowest BCUT2D eigenvalue weighted by molar-refractivity contribution is -0.136. The Morgan fingerprint density at radius 3 is 2.82 bits per heavy atom. The zero-order valence-electron chi connectivity index (χ0n) is 11.7. The lowest BCUT2D eigenvalue weighted by Gasteiger charge is -2.16. The molecule has 2 aromatic rings. The van der Waals surface area contributed by atoms with Gasteiger partial charge in [-0.15, -0.1) is 0 Å². The first kappa shape index (κ1) is 15.6. The van der Waals surface area contributed by atoms with Gasteiger partial charge >= 0.3 is 11.8 Å². The van der Waals surface area contributed by atoms with E-state index in [4.69, 9.17) is 4.74 Å². The molecule has 2 N–H and O–H groups in total. The van der Waals surface area contributed by atoms with Crippen LogP contribution in [0, 0.1) is 5.82 Å². The molecular formula is C14H14FN3O4. The molecule has 116 valence electrons.